The molecule has 0 amide bonds. The normalized spacial score (nSPS) is 31.0. The number of halogens is 2. The topological polar surface area (TPSA) is 18.5 Å². The van der Waals surface area contributed by atoms with Crippen molar-refractivity contribution in [2.75, 3.05) is 13.2 Å². The lowest BCUT2D eigenvalue weighted by Gasteiger charge is -2.22. The van der Waals surface area contributed by atoms with Crippen LogP contribution in [0, 0.1) is 5.92 Å². The van der Waals surface area contributed by atoms with E-state index in [4.69, 9.17) is 32.7 Å². The number of hydrogen-bond acceptors (Lipinski definition) is 2. The maximum absolute atomic E-state index is 6.44. The Bertz CT molecular complexity index is 443. The predicted molar refractivity (Wildman–Crippen MR) is 85.9 cm³/mol. The van der Waals surface area contributed by atoms with Gasteiger partial charge in [-0.3, -0.25) is 0 Å². The van der Waals surface area contributed by atoms with Crippen LogP contribution in [0.15, 0.2) is 30.3 Å². The maximum atomic E-state index is 6.44. The van der Waals surface area contributed by atoms with Crippen molar-refractivity contribution in [3.8, 4) is 0 Å². The van der Waals surface area contributed by atoms with Gasteiger partial charge in [-0.25, -0.2) is 0 Å². The van der Waals surface area contributed by atoms with E-state index in [-0.39, 0.29) is 12.2 Å². The minimum Gasteiger partial charge on any atom is -0.353 e. The molecule has 3 atom stereocenters. The van der Waals surface area contributed by atoms with Gasteiger partial charge >= 0.3 is 0 Å². The van der Waals surface area contributed by atoms with Crippen LogP contribution >= 0.6 is 23.2 Å². The van der Waals surface area contributed by atoms with E-state index in [1.165, 1.54) is 12.0 Å². The Kier molecular flexibility index (Phi) is 5.11. The van der Waals surface area contributed by atoms with E-state index in [0.29, 0.717) is 5.92 Å². The fourth-order valence-electron chi connectivity index (χ4n) is 3.22. The van der Waals surface area contributed by atoms with Crippen LogP contribution in [0.4, 0.5) is 0 Å². The zero-order valence-electron chi connectivity index (χ0n) is 12.1. The average Bonchev–Trinajstić information content (AvgIpc) is 3.07. The average molecular weight is 329 g/mol. The summed E-state index contributed by atoms with van der Waals surface area (Å²) in [4.78, 5) is 0. The molecule has 2 nitrogen and oxygen atoms in total. The molecule has 2 fully saturated rings. The van der Waals surface area contributed by atoms with Gasteiger partial charge in [0.25, 0.3) is 0 Å². The van der Waals surface area contributed by atoms with Crippen LogP contribution in [0.1, 0.15) is 43.6 Å². The molecular formula is C17H22Cl2O2. The molecule has 1 aliphatic carbocycles. The molecule has 4 heteroatoms. The lowest BCUT2D eigenvalue weighted by molar-refractivity contribution is -0.162. The van der Waals surface area contributed by atoms with Gasteiger partial charge in [-0.15, -0.1) is 23.2 Å². The summed E-state index contributed by atoms with van der Waals surface area (Å²) in [6, 6.07) is 10.3. The number of ether oxygens (including phenoxy) is 2. The van der Waals surface area contributed by atoms with Gasteiger partial charge in [0.1, 0.15) is 4.33 Å². The number of rotatable bonds is 6. The van der Waals surface area contributed by atoms with Crippen LogP contribution in [-0.2, 0) is 9.47 Å². The third kappa shape index (κ3) is 3.73. The van der Waals surface area contributed by atoms with Gasteiger partial charge in [0.05, 0.1) is 0 Å². The Balaban J connectivity index is 1.41. The Morgan fingerprint density at radius 2 is 2.00 bits per heavy atom. The highest BCUT2D eigenvalue weighted by molar-refractivity contribution is 6.51. The Morgan fingerprint density at radius 1 is 1.19 bits per heavy atom. The highest BCUT2D eigenvalue weighted by Crippen LogP contribution is 2.66. The predicted octanol–water partition coefficient (Wildman–Crippen LogP) is 4.90. The molecular weight excluding hydrogens is 307 g/mol. The second kappa shape index (κ2) is 6.87. The summed E-state index contributed by atoms with van der Waals surface area (Å²) in [5.41, 5.74) is 1.24. The van der Waals surface area contributed by atoms with Crippen molar-refractivity contribution in [1.82, 2.24) is 0 Å². The lowest BCUT2D eigenvalue weighted by atomic mass is 10.1. The molecule has 0 bridgehead atoms. The molecule has 2 aliphatic rings. The molecule has 1 aromatic carbocycles. The van der Waals surface area contributed by atoms with Crippen molar-refractivity contribution in [2.24, 2.45) is 5.92 Å². The highest BCUT2D eigenvalue weighted by atomic mass is 35.5. The summed E-state index contributed by atoms with van der Waals surface area (Å²) >= 11 is 12.9. The molecule has 0 aromatic heterocycles. The van der Waals surface area contributed by atoms with Crippen molar-refractivity contribution in [2.45, 2.75) is 48.6 Å². The van der Waals surface area contributed by atoms with Gasteiger partial charge in [0.2, 0.25) is 0 Å². The Morgan fingerprint density at radius 3 is 2.71 bits per heavy atom. The monoisotopic (exact) mass is 328 g/mol. The highest BCUT2D eigenvalue weighted by Gasteiger charge is 2.62. The third-order valence-corrected chi connectivity index (χ3v) is 5.49. The second-order valence-corrected chi connectivity index (χ2v) is 7.42. The SMILES string of the molecule is ClC1(Cl)[C@H](CCCOC2CCCCO2)[C@H]1c1ccccc1. The van der Waals surface area contributed by atoms with Gasteiger partial charge < -0.3 is 9.47 Å². The quantitative estimate of drug-likeness (QED) is 0.546. The molecule has 1 saturated carbocycles. The molecule has 21 heavy (non-hydrogen) atoms. The molecule has 0 spiro atoms. The molecule has 1 saturated heterocycles. The summed E-state index contributed by atoms with van der Waals surface area (Å²) in [6.07, 6.45) is 5.36. The van der Waals surface area contributed by atoms with Crippen LogP contribution in [0.25, 0.3) is 0 Å². The molecule has 1 aliphatic heterocycles. The second-order valence-electron chi connectivity index (χ2n) is 5.98. The van der Waals surface area contributed by atoms with E-state index < -0.39 is 4.33 Å². The van der Waals surface area contributed by atoms with Crippen LogP contribution in [0.3, 0.4) is 0 Å². The lowest BCUT2D eigenvalue weighted by Crippen LogP contribution is -2.22. The summed E-state index contributed by atoms with van der Waals surface area (Å²) in [5.74, 6) is 0.590. The molecule has 3 rings (SSSR count). The van der Waals surface area contributed by atoms with Crippen LogP contribution < -0.4 is 0 Å². The molecule has 1 aromatic rings. The van der Waals surface area contributed by atoms with E-state index in [2.05, 4.69) is 12.1 Å². The van der Waals surface area contributed by atoms with Crippen molar-refractivity contribution in [3.63, 3.8) is 0 Å². The minimum atomic E-state index is -0.608. The van der Waals surface area contributed by atoms with Crippen LogP contribution in [0.2, 0.25) is 0 Å². The summed E-state index contributed by atoms with van der Waals surface area (Å²) < 4.78 is 10.7. The Labute approximate surface area is 136 Å². The summed E-state index contributed by atoms with van der Waals surface area (Å²) in [7, 11) is 0. The van der Waals surface area contributed by atoms with Crippen molar-refractivity contribution in [1.29, 1.82) is 0 Å². The summed E-state index contributed by atoms with van der Waals surface area (Å²) in [5, 5.41) is 0. The van der Waals surface area contributed by atoms with Gasteiger partial charge in [0, 0.05) is 25.0 Å². The van der Waals surface area contributed by atoms with E-state index >= 15 is 0 Å². The number of hydrogen-bond donors (Lipinski definition) is 0. The van der Waals surface area contributed by atoms with E-state index in [1.807, 2.05) is 18.2 Å². The van der Waals surface area contributed by atoms with Crippen molar-refractivity contribution < 1.29 is 9.47 Å². The number of alkyl halides is 2. The van der Waals surface area contributed by atoms with Crippen LogP contribution in [-0.4, -0.2) is 23.8 Å². The summed E-state index contributed by atoms with van der Waals surface area (Å²) in [6.45, 7) is 1.56. The fourth-order valence-corrected chi connectivity index (χ4v) is 4.13. The van der Waals surface area contributed by atoms with Crippen LogP contribution in [0.5, 0.6) is 0 Å². The molecule has 116 valence electrons. The zero-order chi connectivity index (χ0) is 14.7. The van der Waals surface area contributed by atoms with Crippen molar-refractivity contribution in [3.05, 3.63) is 35.9 Å². The van der Waals surface area contributed by atoms with Gasteiger partial charge in [-0.05, 0) is 37.7 Å². The maximum Gasteiger partial charge on any atom is 0.157 e. The largest absolute Gasteiger partial charge is 0.353 e. The van der Waals surface area contributed by atoms with E-state index in [0.717, 1.165) is 38.9 Å². The molecule has 1 unspecified atom stereocenters. The smallest absolute Gasteiger partial charge is 0.157 e. The van der Waals surface area contributed by atoms with Gasteiger partial charge in [-0.1, -0.05) is 30.3 Å². The first kappa shape index (κ1) is 15.6. The Hall–Kier alpha value is -0.280. The van der Waals surface area contributed by atoms with E-state index in [1.54, 1.807) is 0 Å². The fraction of sp³-hybridized carbons (Fsp3) is 0.647. The first-order chi connectivity index (χ1) is 10.2. The van der Waals surface area contributed by atoms with Gasteiger partial charge in [0.15, 0.2) is 6.29 Å². The first-order valence-corrected chi connectivity index (χ1v) is 8.61. The van der Waals surface area contributed by atoms with Crippen molar-refractivity contribution >= 4 is 23.2 Å². The standard InChI is InChI=1S/C17H22Cl2O2/c18-17(19)14(16(17)13-7-2-1-3-8-13)9-6-12-21-15-10-4-5-11-20-15/h1-3,7-8,14-16H,4-6,9-12H2/t14-,15?,16-/m1/s1. The number of benzene rings is 1. The molecule has 0 radical (unpaired) electrons. The van der Waals surface area contributed by atoms with Gasteiger partial charge in [-0.2, -0.15) is 0 Å². The minimum absolute atomic E-state index is 0.000339. The molecule has 0 N–H and O–H groups in total. The first-order valence-electron chi connectivity index (χ1n) is 7.85. The molecule has 1 heterocycles. The third-order valence-electron chi connectivity index (χ3n) is 4.46. The van der Waals surface area contributed by atoms with E-state index in [9.17, 15) is 0 Å². The zero-order valence-corrected chi connectivity index (χ0v) is 13.7.